The van der Waals surface area contributed by atoms with E-state index in [0.717, 1.165) is 23.3 Å². The van der Waals surface area contributed by atoms with E-state index in [-0.39, 0.29) is 18.1 Å². The molecule has 0 radical (unpaired) electrons. The normalized spacial score (nSPS) is 13.1. The van der Waals surface area contributed by atoms with Gasteiger partial charge in [0.1, 0.15) is 23.0 Å². The first-order valence-corrected chi connectivity index (χ1v) is 10.5. The second kappa shape index (κ2) is 9.61. The lowest BCUT2D eigenvalue weighted by molar-refractivity contribution is -0.137. The second-order valence-electron chi connectivity index (χ2n) is 7.78. The van der Waals surface area contributed by atoms with Gasteiger partial charge in [-0.05, 0) is 53.9 Å². The molecule has 0 spiro atoms. The van der Waals surface area contributed by atoms with E-state index in [1.165, 1.54) is 24.2 Å². The number of benzene rings is 2. The average molecular weight is 488 g/mol. The fourth-order valence-electron chi connectivity index (χ4n) is 3.69. The molecule has 0 saturated heterocycles. The van der Waals surface area contributed by atoms with Gasteiger partial charge in [0.15, 0.2) is 0 Å². The molecule has 0 bridgehead atoms. The Bertz CT molecular complexity index is 1280. The average Bonchev–Trinajstić information content (AvgIpc) is 2.83. The van der Waals surface area contributed by atoms with Crippen molar-refractivity contribution < 1.29 is 31.9 Å². The number of rotatable bonds is 4. The molecule has 0 atom stereocenters. The van der Waals surface area contributed by atoms with Gasteiger partial charge in [-0.2, -0.15) is 13.2 Å². The maximum absolute atomic E-state index is 13.4. The largest absolute Gasteiger partial charge is 0.457 e. The molecule has 2 aromatic carbocycles. The summed E-state index contributed by atoms with van der Waals surface area (Å²) in [5, 5.41) is 4.72. The fourth-order valence-corrected chi connectivity index (χ4v) is 3.69. The highest BCUT2D eigenvalue weighted by Crippen LogP contribution is 2.36. The van der Waals surface area contributed by atoms with Crippen LogP contribution in [0.3, 0.4) is 0 Å². The summed E-state index contributed by atoms with van der Waals surface area (Å²) >= 11 is 0. The lowest BCUT2D eigenvalue weighted by atomic mass is 9.99. The van der Waals surface area contributed by atoms with E-state index >= 15 is 0 Å². The summed E-state index contributed by atoms with van der Waals surface area (Å²) < 4.78 is 59.0. The summed E-state index contributed by atoms with van der Waals surface area (Å²) in [7, 11) is 1.49. The Morgan fingerprint density at radius 1 is 1.03 bits per heavy atom. The molecule has 4 rings (SSSR count). The zero-order valence-electron chi connectivity index (χ0n) is 18.4. The number of aromatic nitrogens is 1. The number of ether oxygens (including phenoxy) is 1. The van der Waals surface area contributed by atoms with Gasteiger partial charge in [-0.25, -0.2) is 9.18 Å². The molecule has 3 aromatic rings. The number of urea groups is 1. The van der Waals surface area contributed by atoms with E-state index in [1.807, 2.05) is 6.07 Å². The Labute approximate surface area is 197 Å². The van der Waals surface area contributed by atoms with Crippen molar-refractivity contribution >= 4 is 17.6 Å². The minimum absolute atomic E-state index is 0.140. The number of nitrogens with one attached hydrogen (secondary N) is 2. The number of fused-ring (bicyclic) bond motifs is 1. The van der Waals surface area contributed by atoms with Crippen molar-refractivity contribution in [1.29, 1.82) is 0 Å². The maximum atomic E-state index is 13.4. The second-order valence-corrected chi connectivity index (χ2v) is 7.78. The molecule has 182 valence electrons. The van der Waals surface area contributed by atoms with Crippen molar-refractivity contribution in [1.82, 2.24) is 15.2 Å². The van der Waals surface area contributed by atoms with Gasteiger partial charge in [-0.1, -0.05) is 6.07 Å². The van der Waals surface area contributed by atoms with Crippen LogP contribution in [0, 0.1) is 5.82 Å². The van der Waals surface area contributed by atoms with E-state index in [0.29, 0.717) is 30.5 Å². The van der Waals surface area contributed by atoms with E-state index in [9.17, 15) is 27.2 Å². The molecule has 1 aromatic heterocycles. The Kier molecular flexibility index (Phi) is 6.59. The number of pyridine rings is 1. The summed E-state index contributed by atoms with van der Waals surface area (Å²) in [6.07, 6.45) is -2.89. The molecular formula is C24H20F4N4O3. The first kappa shape index (κ1) is 24.0. The number of alkyl halides is 3. The topological polar surface area (TPSA) is 83.6 Å². The van der Waals surface area contributed by atoms with Crippen LogP contribution in [0.1, 0.15) is 27.2 Å². The van der Waals surface area contributed by atoms with Crippen LogP contribution >= 0.6 is 0 Å². The van der Waals surface area contributed by atoms with E-state index < -0.39 is 29.3 Å². The van der Waals surface area contributed by atoms with Crippen LogP contribution in [0.2, 0.25) is 0 Å². The Balaban J connectivity index is 1.49. The molecule has 0 aliphatic carbocycles. The number of halogens is 4. The molecule has 35 heavy (non-hydrogen) atoms. The van der Waals surface area contributed by atoms with Gasteiger partial charge < -0.3 is 20.3 Å². The van der Waals surface area contributed by atoms with Gasteiger partial charge in [0.2, 0.25) is 0 Å². The molecule has 0 saturated carbocycles. The molecule has 1 aliphatic heterocycles. The molecule has 2 heterocycles. The monoisotopic (exact) mass is 488 g/mol. The number of anilines is 1. The predicted octanol–water partition coefficient (Wildman–Crippen LogP) is 4.98. The zero-order valence-corrected chi connectivity index (χ0v) is 18.4. The number of hydrogen-bond acceptors (Lipinski definition) is 4. The standard InChI is InChI=1S/C24H20F4N4O3/c1-29-22(33)21-12-18(6-8-30-21)35-17-4-2-14-7-9-32(13-15(14)10-17)23(34)31-20-5-3-16(25)11-19(20)24(26,27)28/h2-6,8,10-12H,7,9,13H2,1H3,(H,29,33)(H,31,34). The van der Waals surface area contributed by atoms with E-state index in [1.54, 1.807) is 18.2 Å². The van der Waals surface area contributed by atoms with Crippen molar-refractivity contribution in [2.24, 2.45) is 0 Å². The molecule has 7 nitrogen and oxygen atoms in total. The third-order valence-corrected chi connectivity index (χ3v) is 5.43. The van der Waals surface area contributed by atoms with E-state index in [2.05, 4.69) is 15.6 Å². The van der Waals surface area contributed by atoms with E-state index in [4.69, 9.17) is 4.74 Å². The quantitative estimate of drug-likeness (QED) is 0.508. The number of carbonyl (C=O) groups excluding carboxylic acids is 2. The third-order valence-electron chi connectivity index (χ3n) is 5.43. The summed E-state index contributed by atoms with van der Waals surface area (Å²) in [5.74, 6) is -0.568. The highest BCUT2D eigenvalue weighted by Gasteiger charge is 2.35. The van der Waals surface area contributed by atoms with Gasteiger partial charge in [0.05, 0.1) is 11.3 Å². The van der Waals surface area contributed by atoms with Crippen LogP contribution in [-0.4, -0.2) is 35.4 Å². The number of hydrogen-bond donors (Lipinski definition) is 2. The van der Waals surface area contributed by atoms with Gasteiger partial charge in [0.25, 0.3) is 5.91 Å². The number of amides is 3. The van der Waals surface area contributed by atoms with Crippen molar-refractivity contribution in [2.75, 3.05) is 18.9 Å². The lowest BCUT2D eigenvalue weighted by Crippen LogP contribution is -2.39. The predicted molar refractivity (Wildman–Crippen MR) is 119 cm³/mol. The third kappa shape index (κ3) is 5.51. The first-order chi connectivity index (χ1) is 16.6. The van der Waals surface area contributed by atoms with Gasteiger partial charge in [-0.15, -0.1) is 0 Å². The van der Waals surface area contributed by atoms with Crippen molar-refractivity contribution in [3.8, 4) is 11.5 Å². The number of nitrogens with zero attached hydrogens (tertiary/aromatic N) is 2. The molecular weight excluding hydrogens is 468 g/mol. The smallest absolute Gasteiger partial charge is 0.418 e. The number of carbonyl (C=O) groups is 2. The molecule has 1 aliphatic rings. The van der Waals surface area contributed by atoms with Gasteiger partial charge in [0, 0.05) is 32.4 Å². The van der Waals surface area contributed by atoms with Gasteiger partial charge >= 0.3 is 12.2 Å². The minimum Gasteiger partial charge on any atom is -0.457 e. The maximum Gasteiger partial charge on any atom is 0.418 e. The molecule has 0 fully saturated rings. The zero-order chi connectivity index (χ0) is 25.2. The Morgan fingerprint density at radius 2 is 1.80 bits per heavy atom. The first-order valence-electron chi connectivity index (χ1n) is 10.5. The van der Waals surface area contributed by atoms with Crippen LogP contribution in [0.4, 0.5) is 28.0 Å². The molecule has 2 N–H and O–H groups in total. The highest BCUT2D eigenvalue weighted by atomic mass is 19.4. The molecule has 3 amide bonds. The SMILES string of the molecule is CNC(=O)c1cc(Oc2ccc3c(c2)CN(C(=O)Nc2ccc(F)cc2C(F)(F)F)CC3)ccn1. The highest BCUT2D eigenvalue weighted by molar-refractivity contribution is 5.92. The summed E-state index contributed by atoms with van der Waals surface area (Å²) in [6, 6.07) is 9.77. The van der Waals surface area contributed by atoms with Crippen LogP contribution in [0.25, 0.3) is 0 Å². The van der Waals surface area contributed by atoms with Crippen LogP contribution in [-0.2, 0) is 19.1 Å². The Morgan fingerprint density at radius 3 is 2.54 bits per heavy atom. The summed E-state index contributed by atoms with van der Waals surface area (Å²) in [6.45, 7) is 0.433. The molecule has 11 heteroatoms. The van der Waals surface area contributed by atoms with Gasteiger partial charge in [-0.3, -0.25) is 9.78 Å². The lowest BCUT2D eigenvalue weighted by Gasteiger charge is -2.29. The minimum atomic E-state index is -4.82. The molecule has 0 unspecified atom stereocenters. The summed E-state index contributed by atoms with van der Waals surface area (Å²) in [4.78, 5) is 29.8. The fraction of sp³-hybridized carbons (Fsp3) is 0.208. The van der Waals surface area contributed by atoms with Crippen LogP contribution in [0.5, 0.6) is 11.5 Å². The van der Waals surface area contributed by atoms with Crippen LogP contribution < -0.4 is 15.4 Å². The van der Waals surface area contributed by atoms with Crippen molar-refractivity contribution in [3.63, 3.8) is 0 Å². The van der Waals surface area contributed by atoms with Crippen molar-refractivity contribution in [2.45, 2.75) is 19.1 Å². The van der Waals surface area contributed by atoms with Crippen LogP contribution in [0.15, 0.2) is 54.7 Å². The van der Waals surface area contributed by atoms with Crippen molar-refractivity contribution in [3.05, 3.63) is 82.9 Å². The summed E-state index contributed by atoms with van der Waals surface area (Å²) in [5.41, 5.74) is 0.146. The Hall–Kier alpha value is -4.15.